The molecule has 0 aliphatic heterocycles. The highest BCUT2D eigenvalue weighted by Gasteiger charge is 2.21. The van der Waals surface area contributed by atoms with Gasteiger partial charge in [-0.2, -0.15) is 0 Å². The molecule has 13 heavy (non-hydrogen) atoms. The molecule has 0 unspecified atom stereocenters. The highest BCUT2D eigenvalue weighted by molar-refractivity contribution is 5.23. The van der Waals surface area contributed by atoms with Crippen LogP contribution in [-0.4, -0.2) is 5.92 Å². The van der Waals surface area contributed by atoms with E-state index in [2.05, 4.69) is 0 Å². The lowest BCUT2D eigenvalue weighted by atomic mass is 10.1. The van der Waals surface area contributed by atoms with Gasteiger partial charge in [-0.05, 0) is 18.1 Å². The van der Waals surface area contributed by atoms with Crippen LogP contribution in [0.3, 0.4) is 0 Å². The summed E-state index contributed by atoms with van der Waals surface area (Å²) in [6.45, 7) is 1.37. The van der Waals surface area contributed by atoms with Crippen LogP contribution in [0.5, 0.6) is 0 Å². The summed E-state index contributed by atoms with van der Waals surface area (Å²) in [4.78, 5) is 0. The van der Waals surface area contributed by atoms with Gasteiger partial charge in [-0.1, -0.05) is 24.3 Å². The average molecular weight is 185 g/mol. The van der Waals surface area contributed by atoms with E-state index in [0.717, 1.165) is 12.5 Å². The smallest absolute Gasteiger partial charge is 0.249 e. The van der Waals surface area contributed by atoms with Crippen molar-refractivity contribution in [1.29, 1.82) is 0 Å². The van der Waals surface area contributed by atoms with Crippen LogP contribution in [0.4, 0.5) is 8.78 Å². The van der Waals surface area contributed by atoms with Gasteiger partial charge in [0.1, 0.15) is 0 Å². The first-order valence-corrected chi connectivity index (χ1v) is 4.17. The standard InChI is InChI=1S/C10H13F2N/c1-10(11,12)6-8-2-4-9(7-13)5-3-8/h2-5H,6-7,13H2,1H3. The molecule has 1 rings (SSSR count). The molecule has 0 amide bonds. The molecule has 0 heterocycles. The predicted octanol–water partition coefficient (Wildman–Crippen LogP) is 2.34. The number of benzene rings is 1. The molecular weight excluding hydrogens is 172 g/mol. The molecule has 0 fully saturated rings. The molecular formula is C10H13F2N. The maximum atomic E-state index is 12.6. The second-order valence-corrected chi connectivity index (χ2v) is 3.27. The summed E-state index contributed by atoms with van der Waals surface area (Å²) in [5.74, 6) is -2.63. The van der Waals surface area contributed by atoms with Gasteiger partial charge in [0.05, 0.1) is 0 Å². The van der Waals surface area contributed by atoms with Crippen molar-refractivity contribution in [3.8, 4) is 0 Å². The van der Waals surface area contributed by atoms with Gasteiger partial charge in [-0.25, -0.2) is 8.78 Å². The summed E-state index contributed by atoms with van der Waals surface area (Å²) < 4.78 is 25.1. The van der Waals surface area contributed by atoms with Crippen LogP contribution in [0, 0.1) is 0 Å². The van der Waals surface area contributed by atoms with Crippen molar-refractivity contribution >= 4 is 0 Å². The Labute approximate surface area is 76.6 Å². The maximum Gasteiger partial charge on any atom is 0.249 e. The molecule has 1 aromatic carbocycles. The van der Waals surface area contributed by atoms with Gasteiger partial charge < -0.3 is 5.73 Å². The Kier molecular flexibility index (Phi) is 2.98. The monoisotopic (exact) mass is 185 g/mol. The van der Waals surface area contributed by atoms with Gasteiger partial charge >= 0.3 is 0 Å². The molecule has 0 aliphatic rings. The number of halogens is 2. The van der Waals surface area contributed by atoms with E-state index in [1.807, 2.05) is 0 Å². The Morgan fingerprint density at radius 1 is 1.15 bits per heavy atom. The summed E-state index contributed by atoms with van der Waals surface area (Å²) in [6, 6.07) is 6.95. The Morgan fingerprint density at radius 3 is 2.00 bits per heavy atom. The van der Waals surface area contributed by atoms with E-state index in [1.165, 1.54) is 0 Å². The number of nitrogens with two attached hydrogens (primary N) is 1. The van der Waals surface area contributed by atoms with Crippen molar-refractivity contribution in [2.75, 3.05) is 0 Å². The van der Waals surface area contributed by atoms with E-state index in [0.29, 0.717) is 12.1 Å². The molecule has 0 bridgehead atoms. The molecule has 3 heteroatoms. The van der Waals surface area contributed by atoms with Gasteiger partial charge in [0.15, 0.2) is 0 Å². The zero-order valence-corrected chi connectivity index (χ0v) is 7.56. The number of rotatable bonds is 3. The summed E-state index contributed by atoms with van der Waals surface area (Å²) in [6.07, 6.45) is -0.210. The fourth-order valence-corrected chi connectivity index (χ4v) is 1.15. The normalized spacial score (nSPS) is 11.7. The van der Waals surface area contributed by atoms with E-state index in [4.69, 9.17) is 5.73 Å². The molecule has 1 aromatic rings. The first-order chi connectivity index (χ1) is 6.01. The van der Waals surface area contributed by atoms with E-state index < -0.39 is 5.92 Å². The topological polar surface area (TPSA) is 26.0 Å². The molecule has 0 saturated carbocycles. The molecule has 0 aromatic heterocycles. The van der Waals surface area contributed by atoms with Crippen LogP contribution < -0.4 is 5.73 Å². The zero-order valence-electron chi connectivity index (χ0n) is 7.56. The van der Waals surface area contributed by atoms with E-state index in [-0.39, 0.29) is 6.42 Å². The largest absolute Gasteiger partial charge is 0.326 e. The second kappa shape index (κ2) is 3.83. The van der Waals surface area contributed by atoms with Crippen molar-refractivity contribution in [2.45, 2.75) is 25.8 Å². The van der Waals surface area contributed by atoms with Gasteiger partial charge in [-0.15, -0.1) is 0 Å². The zero-order chi connectivity index (χ0) is 9.90. The Morgan fingerprint density at radius 2 is 1.62 bits per heavy atom. The summed E-state index contributed by atoms with van der Waals surface area (Å²) in [7, 11) is 0. The fraction of sp³-hybridized carbons (Fsp3) is 0.400. The first kappa shape index (κ1) is 10.1. The first-order valence-electron chi connectivity index (χ1n) is 4.17. The quantitative estimate of drug-likeness (QED) is 0.768. The van der Waals surface area contributed by atoms with Crippen LogP contribution >= 0.6 is 0 Å². The highest BCUT2D eigenvalue weighted by atomic mass is 19.3. The van der Waals surface area contributed by atoms with Crippen molar-refractivity contribution in [3.05, 3.63) is 35.4 Å². The van der Waals surface area contributed by atoms with E-state index in [9.17, 15) is 8.78 Å². The van der Waals surface area contributed by atoms with Crippen LogP contribution in [0.1, 0.15) is 18.1 Å². The average Bonchev–Trinajstić information content (AvgIpc) is 2.03. The van der Waals surface area contributed by atoms with Crippen LogP contribution in [0.15, 0.2) is 24.3 Å². The predicted molar refractivity (Wildman–Crippen MR) is 48.7 cm³/mol. The Hall–Kier alpha value is -0.960. The molecule has 0 spiro atoms. The summed E-state index contributed by atoms with van der Waals surface area (Å²) in [5, 5.41) is 0. The van der Waals surface area contributed by atoms with Crippen molar-refractivity contribution < 1.29 is 8.78 Å². The van der Waals surface area contributed by atoms with E-state index in [1.54, 1.807) is 24.3 Å². The molecule has 2 N–H and O–H groups in total. The van der Waals surface area contributed by atoms with Crippen LogP contribution in [-0.2, 0) is 13.0 Å². The van der Waals surface area contributed by atoms with Gasteiger partial charge in [0.2, 0.25) is 5.92 Å². The maximum absolute atomic E-state index is 12.6. The number of hydrogen-bond acceptors (Lipinski definition) is 1. The lowest BCUT2D eigenvalue weighted by Crippen LogP contribution is -2.13. The van der Waals surface area contributed by atoms with Crippen molar-refractivity contribution in [1.82, 2.24) is 0 Å². The summed E-state index contributed by atoms with van der Waals surface area (Å²) in [5.41, 5.74) is 6.98. The highest BCUT2D eigenvalue weighted by Crippen LogP contribution is 2.18. The fourth-order valence-electron chi connectivity index (χ4n) is 1.15. The molecule has 0 aliphatic carbocycles. The Bertz CT molecular complexity index is 261. The minimum Gasteiger partial charge on any atom is -0.326 e. The third-order valence-electron chi connectivity index (χ3n) is 1.77. The van der Waals surface area contributed by atoms with Gasteiger partial charge in [-0.3, -0.25) is 0 Å². The summed E-state index contributed by atoms with van der Waals surface area (Å²) >= 11 is 0. The minimum absolute atomic E-state index is 0.210. The minimum atomic E-state index is -2.63. The van der Waals surface area contributed by atoms with Crippen molar-refractivity contribution in [3.63, 3.8) is 0 Å². The Balaban J connectivity index is 2.70. The second-order valence-electron chi connectivity index (χ2n) is 3.27. The molecule has 0 saturated heterocycles. The lowest BCUT2D eigenvalue weighted by molar-refractivity contribution is 0.0226. The third-order valence-corrected chi connectivity index (χ3v) is 1.77. The van der Waals surface area contributed by atoms with Crippen molar-refractivity contribution in [2.24, 2.45) is 5.73 Å². The number of hydrogen-bond donors (Lipinski definition) is 1. The lowest BCUT2D eigenvalue weighted by Gasteiger charge is -2.09. The van der Waals surface area contributed by atoms with Gasteiger partial charge in [0.25, 0.3) is 0 Å². The van der Waals surface area contributed by atoms with Gasteiger partial charge in [0, 0.05) is 13.0 Å². The molecule has 0 atom stereocenters. The SMILES string of the molecule is CC(F)(F)Cc1ccc(CN)cc1. The van der Waals surface area contributed by atoms with Crippen LogP contribution in [0.25, 0.3) is 0 Å². The molecule has 1 nitrogen and oxygen atoms in total. The molecule has 72 valence electrons. The van der Waals surface area contributed by atoms with Crippen LogP contribution in [0.2, 0.25) is 0 Å². The molecule has 0 radical (unpaired) electrons. The number of alkyl halides is 2. The van der Waals surface area contributed by atoms with E-state index >= 15 is 0 Å². The third kappa shape index (κ3) is 3.51.